The molecular formula is C77H130O6. The molecule has 0 aliphatic rings. The number of ether oxygens (including phenoxy) is 3. The van der Waals surface area contributed by atoms with Crippen LogP contribution in [-0.4, -0.2) is 37.2 Å². The van der Waals surface area contributed by atoms with Crippen molar-refractivity contribution in [3.8, 4) is 0 Å². The molecule has 0 aliphatic carbocycles. The summed E-state index contributed by atoms with van der Waals surface area (Å²) in [7, 11) is 0. The van der Waals surface area contributed by atoms with Gasteiger partial charge in [-0.3, -0.25) is 14.4 Å². The summed E-state index contributed by atoms with van der Waals surface area (Å²) in [6.45, 7) is 6.39. The smallest absolute Gasteiger partial charge is 0.306 e. The molecule has 0 aliphatic heterocycles. The van der Waals surface area contributed by atoms with Gasteiger partial charge in [0.2, 0.25) is 0 Å². The predicted molar refractivity (Wildman–Crippen MR) is 362 cm³/mol. The zero-order valence-electron chi connectivity index (χ0n) is 54.4. The van der Waals surface area contributed by atoms with Crippen molar-refractivity contribution in [1.29, 1.82) is 0 Å². The van der Waals surface area contributed by atoms with Gasteiger partial charge >= 0.3 is 17.9 Å². The van der Waals surface area contributed by atoms with E-state index in [1.807, 2.05) is 0 Å². The highest BCUT2D eigenvalue weighted by Crippen LogP contribution is 2.17. The van der Waals surface area contributed by atoms with E-state index < -0.39 is 6.10 Å². The molecule has 1 unspecified atom stereocenters. The monoisotopic (exact) mass is 1150 g/mol. The average Bonchev–Trinajstić information content (AvgIpc) is 3.48. The Balaban J connectivity index is 4.24. The van der Waals surface area contributed by atoms with Crippen LogP contribution in [0.5, 0.6) is 0 Å². The Morgan fingerprint density at radius 2 is 0.470 bits per heavy atom. The number of rotatable bonds is 63. The van der Waals surface area contributed by atoms with Gasteiger partial charge in [0.15, 0.2) is 6.10 Å². The van der Waals surface area contributed by atoms with Crippen LogP contribution in [0.15, 0.2) is 122 Å². The lowest BCUT2D eigenvalue weighted by Gasteiger charge is -2.18. The largest absolute Gasteiger partial charge is 0.462 e. The van der Waals surface area contributed by atoms with Gasteiger partial charge in [0.1, 0.15) is 13.2 Å². The topological polar surface area (TPSA) is 78.9 Å². The molecule has 0 aromatic carbocycles. The van der Waals surface area contributed by atoms with E-state index in [0.717, 1.165) is 122 Å². The molecule has 0 saturated carbocycles. The van der Waals surface area contributed by atoms with Crippen LogP contribution in [-0.2, 0) is 28.6 Å². The minimum atomic E-state index is -0.786. The summed E-state index contributed by atoms with van der Waals surface area (Å²) in [5, 5.41) is 0. The number of hydrogen-bond acceptors (Lipinski definition) is 6. The van der Waals surface area contributed by atoms with E-state index in [1.54, 1.807) is 0 Å². The fourth-order valence-electron chi connectivity index (χ4n) is 9.74. The van der Waals surface area contributed by atoms with Gasteiger partial charge in [0, 0.05) is 19.3 Å². The zero-order chi connectivity index (χ0) is 59.9. The van der Waals surface area contributed by atoms with E-state index in [4.69, 9.17) is 14.2 Å². The summed E-state index contributed by atoms with van der Waals surface area (Å²) in [5.41, 5.74) is 0. The minimum Gasteiger partial charge on any atom is -0.462 e. The first-order valence-corrected chi connectivity index (χ1v) is 35.0. The Morgan fingerprint density at radius 1 is 0.253 bits per heavy atom. The number of esters is 3. The van der Waals surface area contributed by atoms with Gasteiger partial charge in [-0.25, -0.2) is 0 Å². The van der Waals surface area contributed by atoms with E-state index in [9.17, 15) is 14.4 Å². The highest BCUT2D eigenvalue weighted by atomic mass is 16.6. The van der Waals surface area contributed by atoms with Crippen molar-refractivity contribution in [2.24, 2.45) is 0 Å². The van der Waals surface area contributed by atoms with Gasteiger partial charge in [0.25, 0.3) is 0 Å². The fraction of sp³-hybridized carbons (Fsp3) is 0.701. The number of carbonyl (C=O) groups excluding carboxylic acids is 3. The third-order valence-corrected chi connectivity index (χ3v) is 14.9. The van der Waals surface area contributed by atoms with Crippen LogP contribution in [0.2, 0.25) is 0 Å². The molecule has 1 atom stereocenters. The molecule has 0 fully saturated rings. The van der Waals surface area contributed by atoms with Crippen molar-refractivity contribution in [2.45, 2.75) is 335 Å². The first-order valence-electron chi connectivity index (χ1n) is 35.0. The highest BCUT2D eigenvalue weighted by Gasteiger charge is 2.19. The Labute approximate surface area is 513 Å². The number of unbranched alkanes of at least 4 members (excludes halogenated alkanes) is 32. The molecule has 0 amide bonds. The quantitative estimate of drug-likeness (QED) is 0.0261. The van der Waals surface area contributed by atoms with Crippen LogP contribution in [0.1, 0.15) is 329 Å². The molecule has 0 heterocycles. The summed E-state index contributed by atoms with van der Waals surface area (Å²) in [6, 6.07) is 0. The van der Waals surface area contributed by atoms with Gasteiger partial charge in [-0.2, -0.15) is 0 Å². The van der Waals surface area contributed by atoms with Gasteiger partial charge < -0.3 is 14.2 Å². The normalized spacial score (nSPS) is 12.9. The van der Waals surface area contributed by atoms with Gasteiger partial charge in [0.05, 0.1) is 0 Å². The van der Waals surface area contributed by atoms with Crippen LogP contribution < -0.4 is 0 Å². The maximum atomic E-state index is 13.0. The van der Waals surface area contributed by atoms with E-state index in [0.29, 0.717) is 19.3 Å². The Kier molecular flexibility index (Phi) is 66.7. The molecule has 6 heteroatoms. The molecule has 0 radical (unpaired) electrons. The lowest BCUT2D eigenvalue weighted by Crippen LogP contribution is -2.30. The molecule has 0 saturated heterocycles. The van der Waals surface area contributed by atoms with Gasteiger partial charge in [-0.1, -0.05) is 309 Å². The molecule has 474 valence electrons. The summed E-state index contributed by atoms with van der Waals surface area (Å²) in [4.78, 5) is 38.4. The van der Waals surface area contributed by atoms with E-state index in [-0.39, 0.29) is 31.1 Å². The van der Waals surface area contributed by atoms with Crippen molar-refractivity contribution in [1.82, 2.24) is 0 Å². The molecule has 0 rings (SSSR count). The third kappa shape index (κ3) is 68.5. The first-order chi connectivity index (χ1) is 41.0. The second kappa shape index (κ2) is 70.3. The molecule has 6 nitrogen and oxygen atoms in total. The Hall–Kier alpha value is -4.19. The highest BCUT2D eigenvalue weighted by molar-refractivity contribution is 5.71. The average molecular weight is 1150 g/mol. The molecule has 0 N–H and O–H groups in total. The molecule has 0 aromatic rings. The SMILES string of the molecule is CC/C=C\C/C=C\C/C=C\C/C=C\C/C=C\CCCCCCCCCCCCCC(=O)OCC(COC(=O)CCCCCCC/C=C\CCCC)OC(=O)CCCCCCCCCCCCCCCC/C=C\C/C=C\C/C=C\C/C=C\CC. The Bertz CT molecular complexity index is 1700. The van der Waals surface area contributed by atoms with Crippen LogP contribution >= 0.6 is 0 Å². The maximum absolute atomic E-state index is 13.0. The summed E-state index contributed by atoms with van der Waals surface area (Å²) in [6.07, 6.45) is 98.0. The number of allylic oxidation sites excluding steroid dienone is 20. The molecular weight excluding hydrogens is 1020 g/mol. The predicted octanol–water partition coefficient (Wildman–Crippen LogP) is 24.3. The minimum absolute atomic E-state index is 0.0820. The van der Waals surface area contributed by atoms with Gasteiger partial charge in [-0.05, 0) is 122 Å². The Morgan fingerprint density at radius 3 is 0.747 bits per heavy atom. The zero-order valence-corrected chi connectivity index (χ0v) is 54.4. The van der Waals surface area contributed by atoms with Crippen LogP contribution in [0, 0.1) is 0 Å². The fourth-order valence-corrected chi connectivity index (χ4v) is 9.74. The van der Waals surface area contributed by atoms with Crippen LogP contribution in [0.4, 0.5) is 0 Å². The van der Waals surface area contributed by atoms with E-state index in [2.05, 4.69) is 142 Å². The van der Waals surface area contributed by atoms with Crippen molar-refractivity contribution in [3.05, 3.63) is 122 Å². The molecule has 83 heavy (non-hydrogen) atoms. The molecule has 0 spiro atoms. The van der Waals surface area contributed by atoms with Crippen molar-refractivity contribution in [2.75, 3.05) is 13.2 Å². The van der Waals surface area contributed by atoms with E-state index in [1.165, 1.54) is 167 Å². The molecule has 0 bridgehead atoms. The second-order valence-corrected chi connectivity index (χ2v) is 23.0. The lowest BCUT2D eigenvalue weighted by molar-refractivity contribution is -0.167. The lowest BCUT2D eigenvalue weighted by atomic mass is 10.0. The van der Waals surface area contributed by atoms with Crippen LogP contribution in [0.25, 0.3) is 0 Å². The van der Waals surface area contributed by atoms with Crippen molar-refractivity contribution in [3.63, 3.8) is 0 Å². The maximum Gasteiger partial charge on any atom is 0.306 e. The first kappa shape index (κ1) is 78.8. The number of hydrogen-bond donors (Lipinski definition) is 0. The standard InChI is InChI=1S/C77H130O6/c1-4-7-10-13-16-19-22-24-26-28-30-32-34-36-38-40-42-44-46-48-50-52-55-58-61-64-67-70-76(79)82-73-74(72-81-75(78)69-66-63-60-57-54-21-18-15-12-9-6-3)83-77(80)71-68-65-62-59-56-53-51-49-47-45-43-41-39-37-35-33-31-29-27-25-23-20-17-14-11-8-5-2/h7-8,10-11,15-20,24-27,30-33,36,38,74H,4-6,9,12-14,21-23,28-29,34-35,37,39-73H2,1-3H3/b10-7-,11-8-,18-15-,19-16-,20-17-,26-24-,27-25-,32-30-,33-31-,38-36-. The number of carbonyl (C=O) groups is 3. The van der Waals surface area contributed by atoms with E-state index >= 15 is 0 Å². The summed E-state index contributed by atoms with van der Waals surface area (Å²) >= 11 is 0. The molecule has 0 aromatic heterocycles. The third-order valence-electron chi connectivity index (χ3n) is 14.9. The summed E-state index contributed by atoms with van der Waals surface area (Å²) < 4.78 is 17.0. The van der Waals surface area contributed by atoms with Crippen molar-refractivity contribution >= 4 is 17.9 Å². The summed E-state index contributed by atoms with van der Waals surface area (Å²) in [5.74, 6) is -0.885. The van der Waals surface area contributed by atoms with Crippen LogP contribution in [0.3, 0.4) is 0 Å². The second-order valence-electron chi connectivity index (χ2n) is 23.0. The van der Waals surface area contributed by atoms with Gasteiger partial charge in [-0.15, -0.1) is 0 Å². The van der Waals surface area contributed by atoms with Crippen molar-refractivity contribution < 1.29 is 28.6 Å².